The van der Waals surface area contributed by atoms with Gasteiger partial charge in [0.05, 0.1) is 0 Å². The Morgan fingerprint density at radius 2 is 2.20 bits per heavy atom. The van der Waals surface area contributed by atoms with Gasteiger partial charge >= 0.3 is 0 Å². The predicted molar refractivity (Wildman–Crippen MR) is 66.2 cm³/mol. The molecule has 0 aromatic heterocycles. The summed E-state index contributed by atoms with van der Waals surface area (Å²) in [6.07, 6.45) is 1.25. The van der Waals surface area contributed by atoms with Gasteiger partial charge in [0.15, 0.2) is 0 Å². The predicted octanol–water partition coefficient (Wildman–Crippen LogP) is 1.24. The lowest BCUT2D eigenvalue weighted by Crippen LogP contribution is -2.38. The molecule has 0 aromatic carbocycles. The molecule has 15 heavy (non-hydrogen) atoms. The zero-order valence-electron chi connectivity index (χ0n) is 9.88. The van der Waals surface area contributed by atoms with Gasteiger partial charge in [0.25, 0.3) is 0 Å². The lowest BCUT2D eigenvalue weighted by molar-refractivity contribution is -0.123. The molecular weight excluding hydrogens is 208 g/mol. The van der Waals surface area contributed by atoms with Crippen molar-refractivity contribution in [3.63, 3.8) is 0 Å². The standard InChI is InChI=1S/C11H22N2OS/c1-8(2)11(14)13-5-4-12-10-6-9(3)15-7-10/h8-10,12H,4-7H2,1-3H3,(H,13,14). The number of carbonyl (C=O) groups excluding carboxylic acids is 1. The van der Waals surface area contributed by atoms with Crippen LogP contribution in [0.15, 0.2) is 0 Å². The van der Waals surface area contributed by atoms with E-state index in [1.807, 2.05) is 25.6 Å². The van der Waals surface area contributed by atoms with E-state index in [0.29, 0.717) is 6.04 Å². The van der Waals surface area contributed by atoms with E-state index in [2.05, 4.69) is 17.6 Å². The number of amides is 1. The molecule has 0 aromatic rings. The molecule has 4 heteroatoms. The van der Waals surface area contributed by atoms with Crippen molar-refractivity contribution in [2.45, 2.75) is 38.5 Å². The lowest BCUT2D eigenvalue weighted by Gasteiger charge is -2.12. The summed E-state index contributed by atoms with van der Waals surface area (Å²) < 4.78 is 0. The molecule has 0 aliphatic carbocycles. The van der Waals surface area contributed by atoms with Gasteiger partial charge < -0.3 is 10.6 Å². The highest BCUT2D eigenvalue weighted by Crippen LogP contribution is 2.25. The van der Waals surface area contributed by atoms with Gasteiger partial charge in [-0.3, -0.25) is 4.79 Å². The van der Waals surface area contributed by atoms with Crippen LogP contribution >= 0.6 is 11.8 Å². The molecule has 2 atom stereocenters. The van der Waals surface area contributed by atoms with E-state index in [0.717, 1.165) is 18.3 Å². The minimum Gasteiger partial charge on any atom is -0.355 e. The number of thioether (sulfide) groups is 1. The molecule has 1 heterocycles. The van der Waals surface area contributed by atoms with Gasteiger partial charge in [-0.25, -0.2) is 0 Å². The molecule has 88 valence electrons. The Labute approximate surface area is 96.8 Å². The topological polar surface area (TPSA) is 41.1 Å². The fourth-order valence-electron chi connectivity index (χ4n) is 1.63. The van der Waals surface area contributed by atoms with Gasteiger partial charge in [-0.1, -0.05) is 20.8 Å². The molecule has 0 radical (unpaired) electrons. The van der Waals surface area contributed by atoms with Crippen LogP contribution in [-0.4, -0.2) is 36.0 Å². The first-order valence-corrected chi connectivity index (χ1v) is 6.77. The summed E-state index contributed by atoms with van der Waals surface area (Å²) in [6, 6.07) is 0.640. The van der Waals surface area contributed by atoms with Crippen LogP contribution in [0.2, 0.25) is 0 Å². The Morgan fingerprint density at radius 1 is 1.47 bits per heavy atom. The summed E-state index contributed by atoms with van der Waals surface area (Å²) in [5.74, 6) is 1.44. The Hall–Kier alpha value is -0.220. The highest BCUT2D eigenvalue weighted by Gasteiger charge is 2.20. The summed E-state index contributed by atoms with van der Waals surface area (Å²) >= 11 is 2.02. The summed E-state index contributed by atoms with van der Waals surface area (Å²) in [5, 5.41) is 7.16. The van der Waals surface area contributed by atoms with Crippen LogP contribution in [-0.2, 0) is 4.79 Å². The number of nitrogens with one attached hydrogen (secondary N) is 2. The van der Waals surface area contributed by atoms with Crippen molar-refractivity contribution < 1.29 is 4.79 Å². The largest absolute Gasteiger partial charge is 0.355 e. The van der Waals surface area contributed by atoms with Crippen LogP contribution < -0.4 is 10.6 Å². The van der Waals surface area contributed by atoms with Crippen molar-refractivity contribution in [3.05, 3.63) is 0 Å². The first kappa shape index (κ1) is 12.8. The summed E-state index contributed by atoms with van der Waals surface area (Å²) in [6.45, 7) is 7.73. The Morgan fingerprint density at radius 3 is 2.73 bits per heavy atom. The van der Waals surface area contributed by atoms with Crippen LogP contribution in [0.3, 0.4) is 0 Å². The van der Waals surface area contributed by atoms with Crippen LogP contribution in [0.5, 0.6) is 0 Å². The van der Waals surface area contributed by atoms with Gasteiger partial charge in [0.1, 0.15) is 0 Å². The molecule has 1 saturated heterocycles. The molecule has 1 rings (SSSR count). The van der Waals surface area contributed by atoms with E-state index < -0.39 is 0 Å². The minimum absolute atomic E-state index is 0.0899. The molecule has 1 aliphatic heterocycles. The van der Waals surface area contributed by atoms with Gasteiger partial charge in [0, 0.05) is 36.1 Å². The zero-order valence-corrected chi connectivity index (χ0v) is 10.7. The smallest absolute Gasteiger partial charge is 0.222 e. The zero-order chi connectivity index (χ0) is 11.3. The number of hydrogen-bond donors (Lipinski definition) is 2. The van der Waals surface area contributed by atoms with Crippen molar-refractivity contribution in [1.82, 2.24) is 10.6 Å². The molecular formula is C11H22N2OS. The molecule has 0 spiro atoms. The van der Waals surface area contributed by atoms with E-state index in [1.165, 1.54) is 12.2 Å². The van der Waals surface area contributed by atoms with E-state index in [4.69, 9.17) is 0 Å². The quantitative estimate of drug-likeness (QED) is 0.698. The third kappa shape index (κ3) is 4.89. The highest BCUT2D eigenvalue weighted by molar-refractivity contribution is 8.00. The molecule has 0 bridgehead atoms. The second-order valence-corrected chi connectivity index (χ2v) is 5.95. The summed E-state index contributed by atoms with van der Waals surface area (Å²) in [5.41, 5.74) is 0. The lowest BCUT2D eigenvalue weighted by atomic mass is 10.2. The second kappa shape index (κ2) is 6.38. The molecule has 3 nitrogen and oxygen atoms in total. The van der Waals surface area contributed by atoms with Gasteiger partial charge in [-0.05, 0) is 6.42 Å². The normalized spacial score (nSPS) is 25.9. The van der Waals surface area contributed by atoms with E-state index in [-0.39, 0.29) is 11.8 Å². The van der Waals surface area contributed by atoms with Crippen LogP contribution in [0.25, 0.3) is 0 Å². The monoisotopic (exact) mass is 230 g/mol. The van der Waals surface area contributed by atoms with E-state index >= 15 is 0 Å². The average Bonchev–Trinajstić information content (AvgIpc) is 2.58. The average molecular weight is 230 g/mol. The first-order chi connectivity index (χ1) is 7.09. The van der Waals surface area contributed by atoms with Crippen molar-refractivity contribution in [1.29, 1.82) is 0 Å². The van der Waals surface area contributed by atoms with Gasteiger partial charge in [-0.2, -0.15) is 11.8 Å². The number of hydrogen-bond acceptors (Lipinski definition) is 3. The molecule has 1 aliphatic rings. The van der Waals surface area contributed by atoms with Gasteiger partial charge in [0.2, 0.25) is 5.91 Å². The van der Waals surface area contributed by atoms with Crippen LogP contribution in [0.1, 0.15) is 27.2 Å². The molecule has 0 saturated carbocycles. The fourth-order valence-corrected chi connectivity index (χ4v) is 2.81. The molecule has 1 fully saturated rings. The summed E-state index contributed by atoms with van der Waals surface area (Å²) in [4.78, 5) is 11.2. The summed E-state index contributed by atoms with van der Waals surface area (Å²) in [7, 11) is 0. The van der Waals surface area contributed by atoms with Crippen molar-refractivity contribution in [3.8, 4) is 0 Å². The SMILES string of the molecule is CC1CC(NCCNC(=O)C(C)C)CS1. The third-order valence-electron chi connectivity index (χ3n) is 2.58. The van der Waals surface area contributed by atoms with Crippen molar-refractivity contribution in [2.75, 3.05) is 18.8 Å². The molecule has 2 N–H and O–H groups in total. The molecule has 2 unspecified atom stereocenters. The fraction of sp³-hybridized carbons (Fsp3) is 0.909. The maximum atomic E-state index is 11.2. The Bertz CT molecular complexity index is 209. The van der Waals surface area contributed by atoms with E-state index in [9.17, 15) is 4.79 Å². The van der Waals surface area contributed by atoms with E-state index in [1.54, 1.807) is 0 Å². The Kier molecular flexibility index (Phi) is 5.47. The maximum Gasteiger partial charge on any atom is 0.222 e. The first-order valence-electron chi connectivity index (χ1n) is 5.72. The number of rotatable bonds is 5. The van der Waals surface area contributed by atoms with Crippen LogP contribution in [0, 0.1) is 5.92 Å². The third-order valence-corrected chi connectivity index (χ3v) is 3.94. The molecule has 1 amide bonds. The Balaban J connectivity index is 2.00. The second-order valence-electron chi connectivity index (χ2n) is 4.48. The van der Waals surface area contributed by atoms with Crippen molar-refractivity contribution in [2.24, 2.45) is 5.92 Å². The maximum absolute atomic E-state index is 11.2. The van der Waals surface area contributed by atoms with Crippen molar-refractivity contribution >= 4 is 17.7 Å². The highest BCUT2D eigenvalue weighted by atomic mass is 32.2. The number of carbonyl (C=O) groups is 1. The van der Waals surface area contributed by atoms with Crippen LogP contribution in [0.4, 0.5) is 0 Å². The van der Waals surface area contributed by atoms with Gasteiger partial charge in [-0.15, -0.1) is 0 Å². The minimum atomic E-state index is 0.0899.